The molecule has 2 aromatic carbocycles. The van der Waals surface area contributed by atoms with Crippen molar-refractivity contribution in [3.05, 3.63) is 69.5 Å². The van der Waals surface area contributed by atoms with Gasteiger partial charge in [0, 0.05) is 12.0 Å². The van der Waals surface area contributed by atoms with Crippen molar-refractivity contribution in [1.29, 1.82) is 0 Å². The number of hydrogen-bond acceptors (Lipinski definition) is 4. The number of aryl methyl sites for hydroxylation is 3. The molecule has 164 valence electrons. The van der Waals surface area contributed by atoms with E-state index in [1.54, 1.807) is 13.0 Å². The van der Waals surface area contributed by atoms with Crippen LogP contribution in [0.5, 0.6) is 5.75 Å². The van der Waals surface area contributed by atoms with Gasteiger partial charge in [0.15, 0.2) is 0 Å². The first-order valence-corrected chi connectivity index (χ1v) is 10.1. The van der Waals surface area contributed by atoms with E-state index in [0.29, 0.717) is 28.9 Å². The fraction of sp³-hybridized carbons (Fsp3) is 0.273. The Balaban J connectivity index is 1.75. The van der Waals surface area contributed by atoms with Gasteiger partial charge in [0.05, 0.1) is 16.1 Å². The van der Waals surface area contributed by atoms with Crippen LogP contribution in [0.4, 0.5) is 17.6 Å². The molecule has 0 radical (unpaired) electrons. The van der Waals surface area contributed by atoms with Gasteiger partial charge in [-0.05, 0) is 55.7 Å². The number of benzene rings is 2. The maximum Gasteiger partial charge on any atom is 0.419 e. The molecule has 31 heavy (non-hydrogen) atoms. The number of thiazole rings is 1. The normalized spacial score (nSPS) is 11.5. The van der Waals surface area contributed by atoms with Gasteiger partial charge in [0.1, 0.15) is 23.2 Å². The lowest BCUT2D eigenvalue weighted by atomic mass is 10.1. The topological polar surface area (TPSA) is 59.4 Å². The fourth-order valence-corrected chi connectivity index (χ4v) is 3.99. The minimum absolute atomic E-state index is 0.0178. The van der Waals surface area contributed by atoms with Crippen LogP contribution >= 0.6 is 11.3 Å². The predicted molar refractivity (Wildman–Crippen MR) is 109 cm³/mol. The van der Waals surface area contributed by atoms with Gasteiger partial charge in [0.2, 0.25) is 0 Å². The van der Waals surface area contributed by atoms with Gasteiger partial charge in [-0.3, -0.25) is 4.79 Å². The molecule has 0 saturated carbocycles. The number of ether oxygens (including phenoxy) is 1. The average Bonchev–Trinajstić information content (AvgIpc) is 3.04. The number of halogens is 4. The van der Waals surface area contributed by atoms with E-state index in [9.17, 15) is 22.4 Å². The molecule has 9 heteroatoms. The third-order valence-electron chi connectivity index (χ3n) is 4.52. The fourth-order valence-electron chi connectivity index (χ4n) is 3.02. The zero-order valence-electron chi connectivity index (χ0n) is 16.7. The van der Waals surface area contributed by atoms with E-state index in [-0.39, 0.29) is 18.6 Å². The molecule has 1 N–H and O–H groups in total. The first-order valence-electron chi connectivity index (χ1n) is 9.31. The Morgan fingerprint density at radius 2 is 1.90 bits per heavy atom. The molecule has 0 aliphatic rings. The summed E-state index contributed by atoms with van der Waals surface area (Å²) in [5.41, 5.74) is 1.36. The number of alkyl halides is 3. The summed E-state index contributed by atoms with van der Waals surface area (Å²) >= 11 is 1.21. The van der Waals surface area contributed by atoms with E-state index < -0.39 is 23.5 Å². The maximum atomic E-state index is 13.9. The highest BCUT2D eigenvalue weighted by molar-refractivity contribution is 7.15. The van der Waals surface area contributed by atoms with Crippen LogP contribution in [0.3, 0.4) is 0 Å². The first kappa shape index (κ1) is 22.7. The van der Waals surface area contributed by atoms with Gasteiger partial charge in [-0.1, -0.05) is 12.1 Å². The van der Waals surface area contributed by atoms with Crippen LogP contribution in [0, 0.1) is 19.7 Å². The van der Waals surface area contributed by atoms with Crippen molar-refractivity contribution < 1.29 is 32.2 Å². The van der Waals surface area contributed by atoms with Crippen molar-refractivity contribution in [2.45, 2.75) is 39.5 Å². The number of carboxylic acids is 1. The van der Waals surface area contributed by atoms with Crippen molar-refractivity contribution >= 4 is 17.3 Å². The summed E-state index contributed by atoms with van der Waals surface area (Å²) in [6.07, 6.45) is -4.35. The van der Waals surface area contributed by atoms with Crippen LogP contribution < -0.4 is 4.74 Å². The predicted octanol–water partition coefficient (Wildman–Crippen LogP) is 6.18. The number of aromatic nitrogens is 1. The van der Waals surface area contributed by atoms with E-state index in [4.69, 9.17) is 9.84 Å². The molecule has 0 aliphatic heterocycles. The summed E-state index contributed by atoms with van der Waals surface area (Å²) in [6.45, 7) is 3.80. The van der Waals surface area contributed by atoms with Crippen LogP contribution in [0.15, 0.2) is 36.4 Å². The van der Waals surface area contributed by atoms with E-state index in [1.165, 1.54) is 17.4 Å². The number of carbonyl (C=O) groups is 1. The first-order chi connectivity index (χ1) is 14.5. The summed E-state index contributed by atoms with van der Waals surface area (Å²) in [5, 5.41) is 9.25. The highest BCUT2D eigenvalue weighted by Gasteiger charge is 2.34. The average molecular weight is 453 g/mol. The summed E-state index contributed by atoms with van der Waals surface area (Å²) in [6, 6.07) is 8.24. The molecule has 1 aromatic heterocycles. The van der Waals surface area contributed by atoms with Crippen molar-refractivity contribution in [2.75, 3.05) is 0 Å². The molecule has 3 aromatic rings. The van der Waals surface area contributed by atoms with Gasteiger partial charge in [-0.15, -0.1) is 11.3 Å². The molecule has 0 saturated heterocycles. The van der Waals surface area contributed by atoms with Gasteiger partial charge in [-0.2, -0.15) is 13.2 Å². The molecule has 0 spiro atoms. The van der Waals surface area contributed by atoms with Gasteiger partial charge in [-0.25, -0.2) is 9.37 Å². The van der Waals surface area contributed by atoms with E-state index in [1.807, 2.05) is 19.1 Å². The van der Waals surface area contributed by atoms with Gasteiger partial charge >= 0.3 is 12.1 Å². The molecule has 4 nitrogen and oxygen atoms in total. The van der Waals surface area contributed by atoms with Crippen molar-refractivity contribution in [2.24, 2.45) is 0 Å². The van der Waals surface area contributed by atoms with E-state index in [0.717, 1.165) is 22.1 Å². The summed E-state index contributed by atoms with van der Waals surface area (Å²) < 4.78 is 58.0. The minimum Gasteiger partial charge on any atom is -0.488 e. The monoisotopic (exact) mass is 453 g/mol. The summed E-state index contributed by atoms with van der Waals surface area (Å²) in [7, 11) is 0. The number of nitrogens with zero attached hydrogens (tertiary/aromatic N) is 1. The zero-order chi connectivity index (χ0) is 22.8. The second kappa shape index (κ2) is 9.05. The van der Waals surface area contributed by atoms with Crippen molar-refractivity contribution in [3.8, 4) is 16.3 Å². The lowest BCUT2D eigenvalue weighted by molar-refractivity contribution is -0.140. The molecule has 0 amide bonds. The highest BCUT2D eigenvalue weighted by atomic mass is 32.1. The highest BCUT2D eigenvalue weighted by Crippen LogP contribution is 2.35. The molecule has 1 heterocycles. The molecule has 0 unspecified atom stereocenters. The largest absolute Gasteiger partial charge is 0.488 e. The van der Waals surface area contributed by atoms with E-state index in [2.05, 4.69) is 4.98 Å². The molecule has 0 bridgehead atoms. The van der Waals surface area contributed by atoms with Crippen LogP contribution in [-0.2, 0) is 24.0 Å². The van der Waals surface area contributed by atoms with Crippen molar-refractivity contribution in [1.82, 2.24) is 4.98 Å². The number of carboxylic acid groups (broad SMARTS) is 1. The molecular formula is C22H19F4NO3S. The van der Waals surface area contributed by atoms with Gasteiger partial charge in [0.25, 0.3) is 0 Å². The summed E-state index contributed by atoms with van der Waals surface area (Å²) in [5.74, 6) is -1.64. The molecule has 0 aliphatic carbocycles. The third kappa shape index (κ3) is 5.81. The maximum absolute atomic E-state index is 13.9. The lowest BCUT2D eigenvalue weighted by Gasteiger charge is -2.09. The minimum atomic E-state index is -4.75. The van der Waals surface area contributed by atoms with Gasteiger partial charge < -0.3 is 9.84 Å². The summed E-state index contributed by atoms with van der Waals surface area (Å²) in [4.78, 5) is 15.9. The third-order valence-corrected chi connectivity index (χ3v) is 5.70. The molecule has 3 rings (SSSR count). The molecule has 0 atom stereocenters. The Morgan fingerprint density at radius 3 is 2.55 bits per heavy atom. The Labute approximate surface area is 180 Å². The standard InChI is InChI=1S/C22H19F4NO3S/c1-12-7-14(3-6-20(28)29)9-16(8-12)30-11-19-13(2)27-21(31-19)15-4-5-17(18(23)10-15)22(24,25)26/h4-5,7-10H,3,6,11H2,1-2H3,(H,28,29). The van der Waals surface area contributed by atoms with Crippen LogP contribution in [0.2, 0.25) is 0 Å². The van der Waals surface area contributed by atoms with Crippen LogP contribution in [-0.4, -0.2) is 16.1 Å². The lowest BCUT2D eigenvalue weighted by Crippen LogP contribution is -2.07. The number of aliphatic carboxylic acids is 1. The van der Waals surface area contributed by atoms with Crippen LogP contribution in [0.1, 0.15) is 33.7 Å². The van der Waals surface area contributed by atoms with Crippen LogP contribution in [0.25, 0.3) is 10.6 Å². The number of hydrogen-bond donors (Lipinski definition) is 1. The second-order valence-electron chi connectivity index (χ2n) is 7.06. The Morgan fingerprint density at radius 1 is 1.16 bits per heavy atom. The zero-order valence-corrected chi connectivity index (χ0v) is 17.5. The Hall–Kier alpha value is -2.94. The van der Waals surface area contributed by atoms with E-state index >= 15 is 0 Å². The molecular weight excluding hydrogens is 434 g/mol. The smallest absolute Gasteiger partial charge is 0.419 e. The second-order valence-corrected chi connectivity index (χ2v) is 8.14. The Bertz CT molecular complexity index is 1110. The number of rotatable bonds is 7. The molecule has 0 fully saturated rings. The Kier molecular flexibility index (Phi) is 6.64. The quantitative estimate of drug-likeness (QED) is 0.434. The SMILES string of the molecule is Cc1cc(CCC(=O)O)cc(OCc2sc(-c3ccc(C(F)(F)F)c(F)c3)nc2C)c1. The van der Waals surface area contributed by atoms with Crippen molar-refractivity contribution in [3.63, 3.8) is 0 Å².